The number of hydrogen-bond donors (Lipinski definition) is 1. The summed E-state index contributed by atoms with van der Waals surface area (Å²) in [5.41, 5.74) is 1.01. The third-order valence-corrected chi connectivity index (χ3v) is 5.23. The molecule has 2 aromatic rings. The first-order valence-electron chi connectivity index (χ1n) is 9.35. The first-order chi connectivity index (χ1) is 13.0. The molecule has 2 aliphatic carbocycles. The number of aromatic nitrogens is 1. The quantitative estimate of drug-likeness (QED) is 0.795. The lowest BCUT2D eigenvalue weighted by Gasteiger charge is -2.14. The highest BCUT2D eigenvalue weighted by molar-refractivity contribution is 5.83. The second kappa shape index (κ2) is 7.25. The standard InChI is InChI=1S/C21H22F2N2O2/c1-12(20-7-5-15(10-24-20)27-11-13-2-3-13)25-21(26)18-9-16(18)17-8-14(22)4-6-19(17)23/h4-8,10,12-13,16,18H,2-3,9,11H2,1H3,(H,25,26)/t12?,16-,18+/m0/s1. The van der Waals surface area contributed by atoms with Crippen LogP contribution in [0.4, 0.5) is 8.78 Å². The van der Waals surface area contributed by atoms with Gasteiger partial charge in [0.2, 0.25) is 5.91 Å². The van der Waals surface area contributed by atoms with Gasteiger partial charge in [0.25, 0.3) is 0 Å². The van der Waals surface area contributed by atoms with Gasteiger partial charge in [0.05, 0.1) is 24.5 Å². The first kappa shape index (κ1) is 17.9. The normalized spacial score (nSPS) is 22.2. The molecule has 0 saturated heterocycles. The number of carbonyl (C=O) groups is 1. The van der Waals surface area contributed by atoms with Crippen LogP contribution in [0.25, 0.3) is 0 Å². The number of carbonyl (C=O) groups excluding carboxylic acids is 1. The number of amides is 1. The Morgan fingerprint density at radius 3 is 2.81 bits per heavy atom. The summed E-state index contributed by atoms with van der Waals surface area (Å²) in [7, 11) is 0. The predicted molar refractivity (Wildman–Crippen MR) is 96.2 cm³/mol. The van der Waals surface area contributed by atoms with Crippen LogP contribution in [-0.2, 0) is 4.79 Å². The van der Waals surface area contributed by atoms with Crippen molar-refractivity contribution >= 4 is 5.91 Å². The van der Waals surface area contributed by atoms with Crippen molar-refractivity contribution in [3.05, 3.63) is 59.4 Å². The summed E-state index contributed by atoms with van der Waals surface area (Å²) in [4.78, 5) is 16.8. The Hall–Kier alpha value is -2.50. The number of benzene rings is 1. The smallest absolute Gasteiger partial charge is 0.224 e. The highest BCUT2D eigenvalue weighted by atomic mass is 19.1. The van der Waals surface area contributed by atoms with Crippen LogP contribution in [0.3, 0.4) is 0 Å². The fourth-order valence-corrected chi connectivity index (χ4v) is 3.25. The van der Waals surface area contributed by atoms with Gasteiger partial charge in [-0.3, -0.25) is 9.78 Å². The minimum Gasteiger partial charge on any atom is -0.492 e. The van der Waals surface area contributed by atoms with Gasteiger partial charge in [0, 0.05) is 5.92 Å². The minimum absolute atomic E-state index is 0.160. The molecule has 1 unspecified atom stereocenters. The summed E-state index contributed by atoms with van der Waals surface area (Å²) in [6.07, 6.45) is 4.66. The van der Waals surface area contributed by atoms with Gasteiger partial charge in [-0.15, -0.1) is 0 Å². The summed E-state index contributed by atoms with van der Waals surface area (Å²) in [5.74, 6) is -0.298. The maximum Gasteiger partial charge on any atom is 0.224 e. The Morgan fingerprint density at radius 1 is 1.30 bits per heavy atom. The summed E-state index contributed by atoms with van der Waals surface area (Å²) >= 11 is 0. The lowest BCUT2D eigenvalue weighted by molar-refractivity contribution is -0.123. The Bertz CT molecular complexity index is 837. The van der Waals surface area contributed by atoms with Gasteiger partial charge in [-0.25, -0.2) is 8.78 Å². The molecule has 0 aliphatic heterocycles. The van der Waals surface area contributed by atoms with Gasteiger partial charge in [0.15, 0.2) is 0 Å². The Balaban J connectivity index is 1.32. The molecular formula is C21H22F2N2O2. The van der Waals surface area contributed by atoms with Crippen LogP contribution in [0.1, 0.15) is 49.4 Å². The monoisotopic (exact) mass is 372 g/mol. The predicted octanol–water partition coefficient (Wildman–Crippen LogP) is 4.13. The van der Waals surface area contributed by atoms with Gasteiger partial charge < -0.3 is 10.1 Å². The van der Waals surface area contributed by atoms with E-state index in [-0.39, 0.29) is 29.3 Å². The van der Waals surface area contributed by atoms with Crippen molar-refractivity contribution in [3.63, 3.8) is 0 Å². The lowest BCUT2D eigenvalue weighted by atomic mass is 10.1. The first-order valence-corrected chi connectivity index (χ1v) is 9.35. The van der Waals surface area contributed by atoms with E-state index in [9.17, 15) is 13.6 Å². The SMILES string of the molecule is CC(NC(=O)[C@@H]1C[C@H]1c1cc(F)ccc1F)c1ccc(OCC2CC2)cn1. The van der Waals surface area contributed by atoms with E-state index in [0.717, 1.165) is 30.2 Å². The van der Waals surface area contributed by atoms with Crippen LogP contribution in [0.15, 0.2) is 36.5 Å². The molecule has 1 N–H and O–H groups in total. The molecule has 2 saturated carbocycles. The summed E-state index contributed by atoms with van der Waals surface area (Å²) in [6, 6.07) is 6.80. The average Bonchev–Trinajstić information content (AvgIpc) is 3.56. The third kappa shape index (κ3) is 4.26. The fourth-order valence-electron chi connectivity index (χ4n) is 3.25. The molecule has 1 heterocycles. The second-order valence-electron chi connectivity index (χ2n) is 7.52. The number of pyridine rings is 1. The van der Waals surface area contributed by atoms with E-state index in [4.69, 9.17) is 4.74 Å². The molecule has 1 aromatic carbocycles. The van der Waals surface area contributed by atoms with Gasteiger partial charge in [-0.05, 0) is 73.9 Å². The van der Waals surface area contributed by atoms with Crippen molar-refractivity contribution in [2.75, 3.05) is 6.61 Å². The molecule has 27 heavy (non-hydrogen) atoms. The largest absolute Gasteiger partial charge is 0.492 e. The van der Waals surface area contributed by atoms with Crippen molar-refractivity contribution < 1.29 is 18.3 Å². The molecule has 1 amide bonds. The third-order valence-electron chi connectivity index (χ3n) is 5.23. The molecule has 2 fully saturated rings. The Morgan fingerprint density at radius 2 is 2.11 bits per heavy atom. The van der Waals surface area contributed by atoms with Crippen molar-refractivity contribution in [2.45, 2.75) is 38.1 Å². The maximum absolute atomic E-state index is 13.9. The second-order valence-corrected chi connectivity index (χ2v) is 7.52. The van der Waals surface area contributed by atoms with Gasteiger partial charge in [-0.1, -0.05) is 0 Å². The molecule has 0 spiro atoms. The Kier molecular flexibility index (Phi) is 4.81. The number of ether oxygens (including phenoxy) is 1. The van der Waals surface area contributed by atoms with Crippen LogP contribution in [0, 0.1) is 23.5 Å². The number of halogens is 2. The van der Waals surface area contributed by atoms with E-state index in [1.807, 2.05) is 19.1 Å². The van der Waals surface area contributed by atoms with Crippen LogP contribution >= 0.6 is 0 Å². The zero-order valence-corrected chi connectivity index (χ0v) is 15.1. The number of rotatable bonds is 7. The van der Waals surface area contributed by atoms with Crippen molar-refractivity contribution in [3.8, 4) is 5.75 Å². The molecule has 4 nitrogen and oxygen atoms in total. The topological polar surface area (TPSA) is 51.2 Å². The number of hydrogen-bond acceptors (Lipinski definition) is 3. The van der Waals surface area contributed by atoms with E-state index in [1.54, 1.807) is 6.20 Å². The molecule has 0 radical (unpaired) electrons. The number of nitrogens with one attached hydrogen (secondary N) is 1. The van der Waals surface area contributed by atoms with Gasteiger partial charge in [0.1, 0.15) is 17.4 Å². The molecule has 0 bridgehead atoms. The van der Waals surface area contributed by atoms with E-state index >= 15 is 0 Å². The van der Waals surface area contributed by atoms with Crippen molar-refractivity contribution in [2.24, 2.45) is 11.8 Å². The highest BCUT2D eigenvalue weighted by Crippen LogP contribution is 2.48. The molecular weight excluding hydrogens is 350 g/mol. The van der Waals surface area contributed by atoms with E-state index in [1.165, 1.54) is 18.9 Å². The van der Waals surface area contributed by atoms with Crippen molar-refractivity contribution in [1.29, 1.82) is 0 Å². The zero-order valence-electron chi connectivity index (χ0n) is 15.1. The zero-order chi connectivity index (χ0) is 19.0. The van der Waals surface area contributed by atoms with Crippen molar-refractivity contribution in [1.82, 2.24) is 10.3 Å². The summed E-state index contributed by atoms with van der Waals surface area (Å²) in [5, 5.41) is 2.91. The van der Waals surface area contributed by atoms with Crippen LogP contribution < -0.4 is 10.1 Å². The maximum atomic E-state index is 13.9. The highest BCUT2D eigenvalue weighted by Gasteiger charge is 2.45. The Labute approximate surface area is 157 Å². The minimum atomic E-state index is -0.487. The molecule has 6 heteroatoms. The van der Waals surface area contributed by atoms with Crippen LogP contribution in [0.5, 0.6) is 5.75 Å². The lowest BCUT2D eigenvalue weighted by Crippen LogP contribution is -2.29. The fraction of sp³-hybridized carbons (Fsp3) is 0.429. The molecule has 3 atom stereocenters. The molecule has 2 aliphatic rings. The molecule has 1 aromatic heterocycles. The average molecular weight is 372 g/mol. The van der Waals surface area contributed by atoms with E-state index in [0.29, 0.717) is 12.3 Å². The van der Waals surface area contributed by atoms with Crippen LogP contribution in [-0.4, -0.2) is 17.5 Å². The van der Waals surface area contributed by atoms with Crippen LogP contribution in [0.2, 0.25) is 0 Å². The van der Waals surface area contributed by atoms with Gasteiger partial charge in [-0.2, -0.15) is 0 Å². The van der Waals surface area contributed by atoms with Gasteiger partial charge >= 0.3 is 0 Å². The van der Waals surface area contributed by atoms with E-state index < -0.39 is 11.6 Å². The van der Waals surface area contributed by atoms with E-state index in [2.05, 4.69) is 10.3 Å². The summed E-state index contributed by atoms with van der Waals surface area (Å²) < 4.78 is 32.9. The molecule has 4 rings (SSSR count). The summed E-state index contributed by atoms with van der Waals surface area (Å²) in [6.45, 7) is 2.58. The number of nitrogens with zero attached hydrogens (tertiary/aromatic N) is 1. The molecule has 142 valence electrons.